The first-order chi connectivity index (χ1) is 15.4. The summed E-state index contributed by atoms with van der Waals surface area (Å²) in [5.41, 5.74) is 9.84. The van der Waals surface area contributed by atoms with Gasteiger partial charge in [0.1, 0.15) is 11.5 Å². The van der Waals surface area contributed by atoms with Gasteiger partial charge in [0.05, 0.1) is 0 Å². The number of nitrogens with zero attached hydrogens (tertiary/aromatic N) is 3. The zero-order valence-electron chi connectivity index (χ0n) is 19.7. The largest absolute Gasteiger partial charge is 0.433 e. The van der Waals surface area contributed by atoms with Gasteiger partial charge in [-0.15, -0.1) is 0 Å². The van der Waals surface area contributed by atoms with Gasteiger partial charge >= 0.3 is 6.18 Å². The average Bonchev–Trinajstić information content (AvgIpc) is 2.72. The Kier molecular flexibility index (Phi) is 7.40. The van der Waals surface area contributed by atoms with Crippen LogP contribution >= 0.6 is 0 Å². The minimum atomic E-state index is -4.51. The van der Waals surface area contributed by atoms with Crippen molar-refractivity contribution in [3.05, 3.63) is 82.1 Å². The molecule has 2 unspecified atom stereocenters. The number of nitrogens with two attached hydrogens (primary N) is 1. The monoisotopic (exact) mass is 456 g/mol. The molecule has 3 aromatic rings. The molecule has 4 nitrogen and oxygen atoms in total. The second-order valence-corrected chi connectivity index (χ2v) is 9.19. The maximum Gasteiger partial charge on any atom is 0.433 e. The highest BCUT2D eigenvalue weighted by Gasteiger charge is 2.33. The van der Waals surface area contributed by atoms with E-state index < -0.39 is 11.9 Å². The zero-order valence-corrected chi connectivity index (χ0v) is 19.7. The molecule has 0 saturated carbocycles. The van der Waals surface area contributed by atoms with Crippen molar-refractivity contribution in [2.24, 2.45) is 0 Å². The molecule has 0 fully saturated rings. The van der Waals surface area contributed by atoms with Gasteiger partial charge in [-0.05, 0) is 90.6 Å². The molecule has 7 heteroatoms. The van der Waals surface area contributed by atoms with E-state index in [9.17, 15) is 13.2 Å². The number of hydrogen-bond donors (Lipinski definition) is 1. The number of anilines is 1. The third-order valence-electron chi connectivity index (χ3n) is 5.86. The Bertz CT molecular complexity index is 1110. The van der Waals surface area contributed by atoms with Crippen LogP contribution in [0.4, 0.5) is 19.0 Å². The smallest absolute Gasteiger partial charge is 0.384 e. The molecule has 0 aromatic carbocycles. The first kappa shape index (κ1) is 24.7. The molecule has 0 aliphatic heterocycles. The van der Waals surface area contributed by atoms with Gasteiger partial charge in [-0.3, -0.25) is 4.98 Å². The SMILES string of the molecule is Cc1cc(C(C)C)cc(CC(C)c2cc(CC(C)c3ccnc(N)c3)nc(C(F)(F)F)c2)n1. The summed E-state index contributed by atoms with van der Waals surface area (Å²) in [6.45, 7) is 10.1. The zero-order chi connectivity index (χ0) is 24.3. The number of halogens is 3. The van der Waals surface area contributed by atoms with Crippen LogP contribution in [0.5, 0.6) is 0 Å². The van der Waals surface area contributed by atoms with E-state index in [1.54, 1.807) is 18.3 Å². The summed E-state index contributed by atoms with van der Waals surface area (Å²) >= 11 is 0. The third-order valence-corrected chi connectivity index (χ3v) is 5.86. The van der Waals surface area contributed by atoms with E-state index in [0.29, 0.717) is 35.8 Å². The Labute approximate surface area is 193 Å². The molecule has 0 spiro atoms. The maximum absolute atomic E-state index is 13.6. The highest BCUT2D eigenvalue weighted by molar-refractivity contribution is 5.35. The second kappa shape index (κ2) is 9.89. The van der Waals surface area contributed by atoms with E-state index in [0.717, 1.165) is 17.0 Å². The highest BCUT2D eigenvalue weighted by Crippen LogP contribution is 2.32. The number of hydrogen-bond acceptors (Lipinski definition) is 4. The van der Waals surface area contributed by atoms with E-state index in [2.05, 4.69) is 40.9 Å². The van der Waals surface area contributed by atoms with E-state index in [1.807, 2.05) is 26.8 Å². The summed E-state index contributed by atoms with van der Waals surface area (Å²) in [5, 5.41) is 0. The fourth-order valence-electron chi connectivity index (χ4n) is 3.98. The van der Waals surface area contributed by atoms with E-state index >= 15 is 0 Å². The number of pyridine rings is 3. The molecule has 0 radical (unpaired) electrons. The Hall–Kier alpha value is -2.96. The summed E-state index contributed by atoms with van der Waals surface area (Å²) in [6, 6.07) is 10.6. The molecule has 0 aliphatic rings. The van der Waals surface area contributed by atoms with Crippen molar-refractivity contribution in [3.8, 4) is 0 Å². The van der Waals surface area contributed by atoms with Crippen molar-refractivity contribution in [1.29, 1.82) is 0 Å². The Morgan fingerprint density at radius 1 is 0.818 bits per heavy atom. The molecule has 3 rings (SSSR count). The van der Waals surface area contributed by atoms with Crippen LogP contribution in [0.1, 0.15) is 84.9 Å². The van der Waals surface area contributed by atoms with E-state index in [-0.39, 0.29) is 11.8 Å². The van der Waals surface area contributed by atoms with Crippen LogP contribution in [0.15, 0.2) is 42.6 Å². The molecule has 2 atom stereocenters. The van der Waals surface area contributed by atoms with Crippen molar-refractivity contribution in [2.45, 2.75) is 71.4 Å². The average molecular weight is 457 g/mol. The molecule has 176 valence electrons. The fraction of sp³-hybridized carbons (Fsp3) is 0.423. The quantitative estimate of drug-likeness (QED) is 0.435. The Morgan fingerprint density at radius 3 is 2.03 bits per heavy atom. The molecule has 33 heavy (non-hydrogen) atoms. The second-order valence-electron chi connectivity index (χ2n) is 9.19. The number of aromatic nitrogens is 3. The Balaban J connectivity index is 1.91. The van der Waals surface area contributed by atoms with Crippen LogP contribution in [0.25, 0.3) is 0 Å². The molecule has 0 bridgehead atoms. The van der Waals surface area contributed by atoms with Crippen molar-refractivity contribution in [1.82, 2.24) is 15.0 Å². The first-order valence-corrected chi connectivity index (χ1v) is 11.2. The van der Waals surface area contributed by atoms with Crippen LogP contribution in [0, 0.1) is 6.92 Å². The highest BCUT2D eigenvalue weighted by atomic mass is 19.4. The van der Waals surface area contributed by atoms with Crippen LogP contribution in [-0.4, -0.2) is 15.0 Å². The summed E-state index contributed by atoms with van der Waals surface area (Å²) in [6.07, 6.45) is -1.98. The lowest BCUT2D eigenvalue weighted by molar-refractivity contribution is -0.141. The standard InChI is InChI=1S/C26H31F3N4/c1-15(2)20-10-18(5)32-22(11-20)9-17(4)21-12-23(33-24(13-21)26(27,28)29)8-16(3)19-6-7-31-25(30)14-19/h6-7,10-17H,8-9H2,1-5H3,(H2,30,31). The van der Waals surface area contributed by atoms with Crippen molar-refractivity contribution >= 4 is 5.82 Å². The lowest BCUT2D eigenvalue weighted by Gasteiger charge is -2.18. The number of alkyl halides is 3. The summed E-state index contributed by atoms with van der Waals surface area (Å²) in [7, 11) is 0. The lowest BCUT2D eigenvalue weighted by atomic mass is 9.91. The van der Waals surface area contributed by atoms with E-state index in [4.69, 9.17) is 5.73 Å². The van der Waals surface area contributed by atoms with Gasteiger partial charge in [-0.25, -0.2) is 9.97 Å². The minimum absolute atomic E-state index is 0.0542. The van der Waals surface area contributed by atoms with E-state index in [1.165, 1.54) is 11.6 Å². The molecule has 3 aromatic heterocycles. The molecule has 0 saturated heterocycles. The van der Waals surface area contributed by atoms with Crippen molar-refractivity contribution in [2.75, 3.05) is 5.73 Å². The predicted molar refractivity (Wildman–Crippen MR) is 125 cm³/mol. The number of rotatable bonds is 7. The number of aryl methyl sites for hydroxylation is 1. The van der Waals surface area contributed by atoms with Gasteiger partial charge in [0.15, 0.2) is 0 Å². The molecular weight excluding hydrogens is 425 g/mol. The molecule has 0 amide bonds. The predicted octanol–water partition coefficient (Wildman–Crippen LogP) is 6.60. The van der Waals surface area contributed by atoms with Gasteiger partial charge < -0.3 is 5.73 Å². The molecule has 0 aliphatic carbocycles. The first-order valence-electron chi connectivity index (χ1n) is 11.2. The summed E-state index contributed by atoms with van der Waals surface area (Å²) in [4.78, 5) is 12.5. The molecule has 3 heterocycles. The van der Waals surface area contributed by atoms with Gasteiger partial charge in [0.2, 0.25) is 0 Å². The topological polar surface area (TPSA) is 64.7 Å². The van der Waals surface area contributed by atoms with Crippen molar-refractivity contribution in [3.63, 3.8) is 0 Å². The van der Waals surface area contributed by atoms with Crippen LogP contribution in [-0.2, 0) is 19.0 Å². The lowest BCUT2D eigenvalue weighted by Crippen LogP contribution is -2.13. The van der Waals surface area contributed by atoms with Gasteiger partial charge in [-0.1, -0.05) is 27.7 Å². The van der Waals surface area contributed by atoms with Crippen LogP contribution in [0.2, 0.25) is 0 Å². The Morgan fingerprint density at radius 2 is 1.42 bits per heavy atom. The van der Waals surface area contributed by atoms with Gasteiger partial charge in [0.25, 0.3) is 0 Å². The van der Waals surface area contributed by atoms with Crippen molar-refractivity contribution < 1.29 is 13.2 Å². The van der Waals surface area contributed by atoms with Crippen LogP contribution in [0.3, 0.4) is 0 Å². The normalized spacial score (nSPS) is 13.8. The minimum Gasteiger partial charge on any atom is -0.384 e. The maximum atomic E-state index is 13.6. The summed E-state index contributed by atoms with van der Waals surface area (Å²) < 4.78 is 40.9. The number of nitrogen functional groups attached to an aromatic ring is 1. The van der Waals surface area contributed by atoms with Gasteiger partial charge in [0, 0.05) is 23.3 Å². The molecular formula is C26H31F3N4. The van der Waals surface area contributed by atoms with Crippen LogP contribution < -0.4 is 5.73 Å². The molecule has 2 N–H and O–H groups in total. The fourth-order valence-corrected chi connectivity index (χ4v) is 3.98. The third kappa shape index (κ3) is 6.53. The van der Waals surface area contributed by atoms with Gasteiger partial charge in [-0.2, -0.15) is 13.2 Å². The summed E-state index contributed by atoms with van der Waals surface area (Å²) in [5.74, 6) is 0.543.